The third-order valence-electron chi connectivity index (χ3n) is 3.70. The van der Waals surface area contributed by atoms with E-state index in [2.05, 4.69) is 15.3 Å². The van der Waals surface area contributed by atoms with Crippen LogP contribution in [0.15, 0.2) is 53.8 Å². The maximum atomic E-state index is 13.0. The number of nitrogens with zero attached hydrogens (tertiary/aromatic N) is 1. The van der Waals surface area contributed by atoms with E-state index in [1.165, 1.54) is 23.9 Å². The average Bonchev–Trinajstić information content (AvgIpc) is 3.29. The molecular weight excluding hydrogens is 357 g/mol. The van der Waals surface area contributed by atoms with Crippen molar-refractivity contribution in [3.8, 4) is 22.8 Å². The first-order valence-electron chi connectivity index (χ1n) is 7.80. The number of H-pyrrole nitrogens is 1. The van der Waals surface area contributed by atoms with Gasteiger partial charge in [-0.3, -0.25) is 4.79 Å². The van der Waals surface area contributed by atoms with E-state index in [1.54, 1.807) is 36.5 Å². The number of rotatable bonds is 5. The van der Waals surface area contributed by atoms with Gasteiger partial charge in [0.2, 0.25) is 12.7 Å². The lowest BCUT2D eigenvalue weighted by molar-refractivity contribution is -0.113. The second-order valence-electron chi connectivity index (χ2n) is 5.51. The molecule has 1 aromatic heterocycles. The summed E-state index contributed by atoms with van der Waals surface area (Å²) in [5, 5.41) is 3.42. The van der Waals surface area contributed by atoms with Gasteiger partial charge in [0, 0.05) is 11.8 Å². The molecule has 2 aromatic carbocycles. The molecular formula is C18H14FN3O3S. The maximum Gasteiger partial charge on any atom is 0.234 e. The third kappa shape index (κ3) is 3.65. The SMILES string of the molecule is O=C(CSc1ncc(-c2ccc(F)cc2)[nH]1)Nc1ccc2c(c1)OCO2. The number of carbonyl (C=O) groups is 1. The lowest BCUT2D eigenvalue weighted by Gasteiger charge is -2.05. The van der Waals surface area contributed by atoms with E-state index in [4.69, 9.17) is 9.47 Å². The Bertz CT molecular complexity index is 943. The highest BCUT2D eigenvalue weighted by Crippen LogP contribution is 2.34. The molecule has 26 heavy (non-hydrogen) atoms. The molecule has 0 unspecified atom stereocenters. The molecule has 0 saturated heterocycles. The van der Waals surface area contributed by atoms with Gasteiger partial charge in [-0.2, -0.15) is 0 Å². The van der Waals surface area contributed by atoms with Crippen LogP contribution in [-0.4, -0.2) is 28.4 Å². The van der Waals surface area contributed by atoms with E-state index in [1.807, 2.05) is 0 Å². The summed E-state index contributed by atoms with van der Waals surface area (Å²) >= 11 is 1.28. The van der Waals surface area contributed by atoms with Gasteiger partial charge in [0.15, 0.2) is 16.7 Å². The fourth-order valence-corrected chi connectivity index (χ4v) is 3.11. The predicted octanol–water partition coefficient (Wildman–Crippen LogP) is 3.68. The number of aromatic nitrogens is 2. The minimum atomic E-state index is -0.289. The van der Waals surface area contributed by atoms with Gasteiger partial charge < -0.3 is 19.8 Å². The standard InChI is InChI=1S/C18H14FN3O3S/c19-12-3-1-11(2-4-12)14-8-20-18(22-14)26-9-17(23)21-13-5-6-15-16(7-13)25-10-24-15/h1-8H,9-10H2,(H,20,22)(H,21,23). The Morgan fingerprint density at radius 3 is 2.85 bits per heavy atom. The summed E-state index contributed by atoms with van der Waals surface area (Å²) in [6.07, 6.45) is 1.66. The van der Waals surface area contributed by atoms with E-state index in [9.17, 15) is 9.18 Å². The van der Waals surface area contributed by atoms with E-state index in [0.29, 0.717) is 22.3 Å². The van der Waals surface area contributed by atoms with Crippen LogP contribution in [-0.2, 0) is 4.79 Å². The van der Waals surface area contributed by atoms with Crippen LogP contribution in [0.4, 0.5) is 10.1 Å². The van der Waals surface area contributed by atoms with Gasteiger partial charge in [0.05, 0.1) is 17.6 Å². The Labute approximate surface area is 152 Å². The van der Waals surface area contributed by atoms with Crippen LogP contribution in [0, 0.1) is 5.82 Å². The predicted molar refractivity (Wildman–Crippen MR) is 95.9 cm³/mol. The first-order chi connectivity index (χ1) is 12.7. The van der Waals surface area contributed by atoms with Crippen molar-refractivity contribution >= 4 is 23.4 Å². The number of halogens is 1. The van der Waals surface area contributed by atoms with Crippen LogP contribution in [0.1, 0.15) is 0 Å². The highest BCUT2D eigenvalue weighted by atomic mass is 32.2. The smallest absolute Gasteiger partial charge is 0.234 e. The first-order valence-corrected chi connectivity index (χ1v) is 8.79. The Morgan fingerprint density at radius 2 is 2.00 bits per heavy atom. The van der Waals surface area contributed by atoms with Crippen LogP contribution in [0.25, 0.3) is 11.3 Å². The highest BCUT2D eigenvalue weighted by molar-refractivity contribution is 7.99. The van der Waals surface area contributed by atoms with Crippen molar-refractivity contribution in [2.45, 2.75) is 5.16 Å². The molecule has 0 saturated carbocycles. The molecule has 1 amide bonds. The quantitative estimate of drug-likeness (QED) is 0.669. The number of thioether (sulfide) groups is 1. The summed E-state index contributed by atoms with van der Waals surface area (Å²) in [5.41, 5.74) is 2.24. The normalized spacial score (nSPS) is 12.2. The zero-order valence-corrected chi connectivity index (χ0v) is 14.3. The number of aromatic amines is 1. The molecule has 0 aliphatic carbocycles. The summed E-state index contributed by atoms with van der Waals surface area (Å²) in [6, 6.07) is 11.4. The highest BCUT2D eigenvalue weighted by Gasteiger charge is 2.14. The summed E-state index contributed by atoms with van der Waals surface area (Å²) in [6.45, 7) is 0.192. The number of fused-ring (bicyclic) bond motifs is 1. The lowest BCUT2D eigenvalue weighted by Crippen LogP contribution is -2.14. The monoisotopic (exact) mass is 371 g/mol. The number of imidazole rings is 1. The van der Waals surface area contributed by atoms with Gasteiger partial charge in [0.25, 0.3) is 0 Å². The fraction of sp³-hybridized carbons (Fsp3) is 0.111. The van der Waals surface area contributed by atoms with E-state index in [-0.39, 0.29) is 24.3 Å². The number of hydrogen-bond donors (Lipinski definition) is 2. The maximum absolute atomic E-state index is 13.0. The molecule has 8 heteroatoms. The topological polar surface area (TPSA) is 76.2 Å². The van der Waals surface area contributed by atoms with Gasteiger partial charge in [0.1, 0.15) is 5.82 Å². The average molecular weight is 371 g/mol. The largest absolute Gasteiger partial charge is 0.454 e. The van der Waals surface area contributed by atoms with Crippen molar-refractivity contribution < 1.29 is 18.7 Å². The van der Waals surface area contributed by atoms with Gasteiger partial charge in [-0.15, -0.1) is 0 Å². The molecule has 0 radical (unpaired) electrons. The van der Waals surface area contributed by atoms with Crippen LogP contribution in [0.2, 0.25) is 0 Å². The molecule has 0 spiro atoms. The minimum absolute atomic E-state index is 0.159. The lowest BCUT2D eigenvalue weighted by atomic mass is 10.2. The Morgan fingerprint density at radius 1 is 1.19 bits per heavy atom. The molecule has 4 rings (SSSR count). The zero-order valence-electron chi connectivity index (χ0n) is 13.5. The van der Waals surface area contributed by atoms with Crippen LogP contribution < -0.4 is 14.8 Å². The molecule has 3 aromatic rings. The summed E-state index contributed by atoms with van der Waals surface area (Å²) < 4.78 is 23.5. The Hall–Kier alpha value is -3.00. The van der Waals surface area contributed by atoms with Crippen molar-refractivity contribution in [3.63, 3.8) is 0 Å². The molecule has 6 nitrogen and oxygen atoms in total. The summed E-state index contributed by atoms with van der Waals surface area (Å²) in [5.74, 6) is 1.04. The number of carbonyl (C=O) groups excluding carboxylic acids is 1. The molecule has 0 atom stereocenters. The number of ether oxygens (including phenoxy) is 2. The van der Waals surface area contributed by atoms with Crippen LogP contribution >= 0.6 is 11.8 Å². The number of benzene rings is 2. The first kappa shape index (κ1) is 16.5. The van der Waals surface area contributed by atoms with E-state index in [0.717, 1.165) is 11.3 Å². The van der Waals surface area contributed by atoms with Crippen LogP contribution in [0.3, 0.4) is 0 Å². The molecule has 2 heterocycles. The number of nitrogens with one attached hydrogen (secondary N) is 2. The molecule has 132 valence electrons. The van der Waals surface area contributed by atoms with Gasteiger partial charge in [-0.1, -0.05) is 11.8 Å². The van der Waals surface area contributed by atoms with Gasteiger partial charge in [-0.05, 0) is 42.0 Å². The van der Waals surface area contributed by atoms with Gasteiger partial charge >= 0.3 is 0 Å². The minimum Gasteiger partial charge on any atom is -0.454 e. The van der Waals surface area contributed by atoms with E-state index < -0.39 is 0 Å². The molecule has 1 aliphatic heterocycles. The molecule has 2 N–H and O–H groups in total. The van der Waals surface area contributed by atoms with Crippen molar-refractivity contribution in [1.82, 2.24) is 9.97 Å². The Balaban J connectivity index is 1.34. The fourth-order valence-electron chi connectivity index (χ4n) is 2.46. The second kappa shape index (κ2) is 7.09. The summed E-state index contributed by atoms with van der Waals surface area (Å²) in [4.78, 5) is 19.5. The molecule has 0 bridgehead atoms. The Kier molecular flexibility index (Phi) is 4.49. The third-order valence-corrected chi connectivity index (χ3v) is 4.59. The van der Waals surface area contributed by atoms with Crippen LogP contribution in [0.5, 0.6) is 11.5 Å². The molecule has 1 aliphatic rings. The van der Waals surface area contributed by atoms with Crippen molar-refractivity contribution in [1.29, 1.82) is 0 Å². The second-order valence-corrected chi connectivity index (χ2v) is 6.48. The number of hydrogen-bond acceptors (Lipinski definition) is 5. The van der Waals surface area contributed by atoms with Gasteiger partial charge in [-0.25, -0.2) is 9.37 Å². The zero-order chi connectivity index (χ0) is 17.9. The number of amides is 1. The van der Waals surface area contributed by atoms with Crippen molar-refractivity contribution in [2.24, 2.45) is 0 Å². The van der Waals surface area contributed by atoms with Crippen molar-refractivity contribution in [3.05, 3.63) is 54.5 Å². The van der Waals surface area contributed by atoms with E-state index >= 15 is 0 Å². The number of anilines is 1. The van der Waals surface area contributed by atoms with Crippen molar-refractivity contribution in [2.75, 3.05) is 17.9 Å². The molecule has 0 fully saturated rings. The summed E-state index contributed by atoms with van der Waals surface area (Å²) in [7, 11) is 0.